The highest BCUT2D eigenvalue weighted by molar-refractivity contribution is 7.89. The molecule has 0 atom stereocenters. The topological polar surface area (TPSA) is 66.9 Å². The lowest BCUT2D eigenvalue weighted by Crippen LogP contribution is -2.40. The summed E-state index contributed by atoms with van der Waals surface area (Å²) in [5, 5.41) is 0. The molecule has 0 unspecified atom stereocenters. The minimum absolute atomic E-state index is 0.160. The van der Waals surface area contributed by atoms with Crippen LogP contribution in [0.5, 0.6) is 0 Å². The Hall–Kier alpha value is -1.44. The van der Waals surface area contributed by atoms with E-state index in [9.17, 15) is 13.2 Å². The van der Waals surface area contributed by atoms with Gasteiger partial charge in [0.15, 0.2) is 0 Å². The molecule has 0 N–H and O–H groups in total. The van der Waals surface area contributed by atoms with Crippen molar-refractivity contribution in [3.63, 3.8) is 0 Å². The number of rotatable bonds is 4. The highest BCUT2D eigenvalue weighted by Gasteiger charge is 2.27. The SMILES string of the molecule is CCN(C)C(=O)c1cc(S(=O)(=O)N2CCOCC2)ccc1C. The number of amides is 1. The predicted molar refractivity (Wildman–Crippen MR) is 83.4 cm³/mol. The van der Waals surface area contributed by atoms with Crippen molar-refractivity contribution in [3.05, 3.63) is 29.3 Å². The maximum atomic E-state index is 12.7. The quantitative estimate of drug-likeness (QED) is 0.831. The van der Waals surface area contributed by atoms with Crippen LogP contribution in [0.2, 0.25) is 0 Å². The van der Waals surface area contributed by atoms with E-state index in [2.05, 4.69) is 0 Å². The molecule has 0 radical (unpaired) electrons. The maximum absolute atomic E-state index is 12.7. The van der Waals surface area contributed by atoms with E-state index >= 15 is 0 Å². The molecule has 1 aromatic carbocycles. The van der Waals surface area contributed by atoms with Crippen LogP contribution < -0.4 is 0 Å². The van der Waals surface area contributed by atoms with Crippen molar-refractivity contribution in [2.24, 2.45) is 0 Å². The van der Waals surface area contributed by atoms with Crippen LogP contribution in [0.15, 0.2) is 23.1 Å². The molecule has 0 saturated carbocycles. The Labute approximate surface area is 131 Å². The highest BCUT2D eigenvalue weighted by atomic mass is 32.2. The minimum atomic E-state index is -3.58. The lowest BCUT2D eigenvalue weighted by atomic mass is 10.1. The molecule has 1 fully saturated rings. The number of hydrogen-bond acceptors (Lipinski definition) is 4. The number of morpholine rings is 1. The van der Waals surface area contributed by atoms with Crippen LogP contribution in [0.25, 0.3) is 0 Å². The number of sulfonamides is 1. The van der Waals surface area contributed by atoms with Crippen molar-refractivity contribution in [1.29, 1.82) is 0 Å². The van der Waals surface area contributed by atoms with Crippen molar-refractivity contribution in [1.82, 2.24) is 9.21 Å². The van der Waals surface area contributed by atoms with Gasteiger partial charge in [-0.05, 0) is 31.5 Å². The molecule has 1 heterocycles. The Morgan fingerprint density at radius 2 is 1.95 bits per heavy atom. The van der Waals surface area contributed by atoms with Gasteiger partial charge < -0.3 is 9.64 Å². The predicted octanol–water partition coefficient (Wildman–Crippen LogP) is 1.11. The van der Waals surface area contributed by atoms with Gasteiger partial charge in [0.2, 0.25) is 10.0 Å². The number of aryl methyl sites for hydroxylation is 1. The molecule has 22 heavy (non-hydrogen) atoms. The zero-order valence-electron chi connectivity index (χ0n) is 13.2. The van der Waals surface area contributed by atoms with Gasteiger partial charge >= 0.3 is 0 Å². The van der Waals surface area contributed by atoms with Gasteiger partial charge in [-0.2, -0.15) is 4.31 Å². The standard InChI is InChI=1S/C15H22N2O4S/c1-4-16(3)15(18)14-11-13(6-5-12(14)2)22(19,20)17-7-9-21-10-8-17/h5-6,11H,4,7-10H2,1-3H3. The number of nitrogens with zero attached hydrogens (tertiary/aromatic N) is 2. The van der Waals surface area contributed by atoms with Gasteiger partial charge in [-0.3, -0.25) is 4.79 Å². The van der Waals surface area contributed by atoms with E-state index in [1.54, 1.807) is 24.1 Å². The lowest BCUT2D eigenvalue weighted by molar-refractivity contribution is 0.0730. The summed E-state index contributed by atoms with van der Waals surface area (Å²) in [6.45, 7) is 5.73. The lowest BCUT2D eigenvalue weighted by Gasteiger charge is -2.26. The van der Waals surface area contributed by atoms with Crippen LogP contribution in [0.3, 0.4) is 0 Å². The molecule has 0 aliphatic carbocycles. The summed E-state index contributed by atoms with van der Waals surface area (Å²) in [5.41, 5.74) is 1.20. The van der Waals surface area contributed by atoms with Crippen LogP contribution in [0, 0.1) is 6.92 Å². The van der Waals surface area contributed by atoms with E-state index in [-0.39, 0.29) is 10.8 Å². The normalized spacial score (nSPS) is 16.5. The van der Waals surface area contributed by atoms with Crippen molar-refractivity contribution in [2.75, 3.05) is 39.9 Å². The molecule has 7 heteroatoms. The van der Waals surface area contributed by atoms with Crippen LogP contribution in [0.1, 0.15) is 22.8 Å². The van der Waals surface area contributed by atoms with E-state index in [0.29, 0.717) is 38.4 Å². The second-order valence-corrected chi connectivity index (χ2v) is 7.25. The van der Waals surface area contributed by atoms with E-state index in [1.807, 2.05) is 13.8 Å². The number of carbonyl (C=O) groups is 1. The van der Waals surface area contributed by atoms with Crippen LogP contribution in [-0.2, 0) is 14.8 Å². The second kappa shape index (κ2) is 6.76. The summed E-state index contributed by atoms with van der Waals surface area (Å²) in [4.78, 5) is 14.1. The van der Waals surface area contributed by atoms with Gasteiger partial charge in [-0.1, -0.05) is 6.07 Å². The zero-order chi connectivity index (χ0) is 16.3. The monoisotopic (exact) mass is 326 g/mol. The zero-order valence-corrected chi connectivity index (χ0v) is 14.0. The fraction of sp³-hybridized carbons (Fsp3) is 0.533. The van der Waals surface area contributed by atoms with Gasteiger partial charge in [-0.15, -0.1) is 0 Å². The highest BCUT2D eigenvalue weighted by Crippen LogP contribution is 2.21. The van der Waals surface area contributed by atoms with Gasteiger partial charge in [0, 0.05) is 32.2 Å². The van der Waals surface area contributed by atoms with E-state index < -0.39 is 10.0 Å². The average molecular weight is 326 g/mol. The molecule has 0 aromatic heterocycles. The first-order valence-corrected chi connectivity index (χ1v) is 8.76. The Morgan fingerprint density at radius 3 is 2.55 bits per heavy atom. The first kappa shape index (κ1) is 16.9. The molecule has 2 rings (SSSR count). The molecule has 1 aliphatic rings. The molecule has 1 aromatic rings. The van der Waals surface area contributed by atoms with Crippen LogP contribution in [-0.4, -0.2) is 63.4 Å². The summed E-state index contributed by atoms with van der Waals surface area (Å²) < 4.78 is 31.9. The summed E-state index contributed by atoms with van der Waals surface area (Å²) in [6.07, 6.45) is 0. The van der Waals surface area contributed by atoms with Crippen molar-refractivity contribution >= 4 is 15.9 Å². The first-order valence-electron chi connectivity index (χ1n) is 7.32. The van der Waals surface area contributed by atoms with E-state index in [0.717, 1.165) is 5.56 Å². The van der Waals surface area contributed by atoms with Gasteiger partial charge in [0.1, 0.15) is 0 Å². The Morgan fingerprint density at radius 1 is 1.32 bits per heavy atom. The molecule has 6 nitrogen and oxygen atoms in total. The van der Waals surface area contributed by atoms with Crippen molar-refractivity contribution in [2.45, 2.75) is 18.7 Å². The van der Waals surface area contributed by atoms with Crippen molar-refractivity contribution in [3.8, 4) is 0 Å². The fourth-order valence-electron chi connectivity index (χ4n) is 2.28. The largest absolute Gasteiger partial charge is 0.379 e. The summed E-state index contributed by atoms with van der Waals surface area (Å²) >= 11 is 0. The fourth-order valence-corrected chi connectivity index (χ4v) is 3.71. The van der Waals surface area contributed by atoms with Crippen LogP contribution in [0.4, 0.5) is 0 Å². The number of benzene rings is 1. The summed E-state index contributed by atoms with van der Waals surface area (Å²) in [6, 6.07) is 4.72. The number of ether oxygens (including phenoxy) is 1. The molecule has 1 aliphatic heterocycles. The number of hydrogen-bond donors (Lipinski definition) is 0. The van der Waals surface area contributed by atoms with Gasteiger partial charge in [0.25, 0.3) is 5.91 Å². The molecule has 0 bridgehead atoms. The minimum Gasteiger partial charge on any atom is -0.379 e. The van der Waals surface area contributed by atoms with Crippen molar-refractivity contribution < 1.29 is 17.9 Å². The summed E-state index contributed by atoms with van der Waals surface area (Å²) in [5.74, 6) is -0.168. The molecule has 122 valence electrons. The summed E-state index contributed by atoms with van der Waals surface area (Å²) in [7, 11) is -1.89. The number of carbonyl (C=O) groups excluding carboxylic acids is 1. The van der Waals surface area contributed by atoms with Crippen LogP contribution >= 0.6 is 0 Å². The average Bonchev–Trinajstić information content (AvgIpc) is 2.54. The van der Waals surface area contributed by atoms with Gasteiger partial charge in [0.05, 0.1) is 18.1 Å². The third-order valence-electron chi connectivity index (χ3n) is 3.87. The third kappa shape index (κ3) is 3.31. The smallest absolute Gasteiger partial charge is 0.253 e. The van der Waals surface area contributed by atoms with E-state index in [4.69, 9.17) is 4.74 Å². The van der Waals surface area contributed by atoms with E-state index in [1.165, 1.54) is 10.4 Å². The second-order valence-electron chi connectivity index (χ2n) is 5.31. The molecular weight excluding hydrogens is 304 g/mol. The molecule has 0 spiro atoms. The molecule has 1 amide bonds. The molecular formula is C15H22N2O4S. The Balaban J connectivity index is 2.38. The molecule has 1 saturated heterocycles. The van der Waals surface area contributed by atoms with Gasteiger partial charge in [-0.25, -0.2) is 8.42 Å². The maximum Gasteiger partial charge on any atom is 0.253 e. The first-order chi connectivity index (χ1) is 10.4. The Bertz CT molecular complexity index is 652. The Kier molecular flexibility index (Phi) is 5.20. The third-order valence-corrected chi connectivity index (χ3v) is 5.76.